The maximum atomic E-state index is 11.6. The van der Waals surface area contributed by atoms with Crippen LogP contribution in [0, 0.1) is 5.92 Å². The predicted octanol–water partition coefficient (Wildman–Crippen LogP) is 2.92. The molecule has 0 N–H and O–H groups in total. The van der Waals surface area contributed by atoms with Crippen LogP contribution in [0.2, 0.25) is 0 Å². The van der Waals surface area contributed by atoms with Crippen molar-refractivity contribution in [3.63, 3.8) is 0 Å². The summed E-state index contributed by atoms with van der Waals surface area (Å²) in [6.07, 6.45) is 4.61. The Morgan fingerprint density at radius 1 is 1.33 bits per heavy atom. The summed E-state index contributed by atoms with van der Waals surface area (Å²) < 4.78 is 10.0. The van der Waals surface area contributed by atoms with Crippen LogP contribution in [0.25, 0.3) is 6.08 Å². The Kier molecular flexibility index (Phi) is 6.81. The Labute approximate surface area is 108 Å². The molecule has 0 aliphatic rings. The van der Waals surface area contributed by atoms with Gasteiger partial charge in [-0.3, -0.25) is 4.79 Å². The Bertz CT molecular complexity index is 371. The van der Waals surface area contributed by atoms with E-state index < -0.39 is 0 Å². The van der Waals surface area contributed by atoms with Crippen LogP contribution < -0.4 is 0 Å². The summed E-state index contributed by atoms with van der Waals surface area (Å²) in [6.45, 7) is 2.60. The molecule has 0 radical (unpaired) electrons. The van der Waals surface area contributed by atoms with Gasteiger partial charge in [0.25, 0.3) is 0 Å². The van der Waals surface area contributed by atoms with E-state index in [1.165, 1.54) is 0 Å². The van der Waals surface area contributed by atoms with E-state index in [4.69, 9.17) is 9.47 Å². The van der Waals surface area contributed by atoms with Crippen molar-refractivity contribution in [2.45, 2.75) is 13.3 Å². The van der Waals surface area contributed by atoms with Gasteiger partial charge in [0, 0.05) is 7.11 Å². The molecular formula is C15H20O3. The number of rotatable bonds is 7. The molecule has 0 amide bonds. The highest BCUT2D eigenvalue weighted by Gasteiger charge is 2.17. The fourth-order valence-corrected chi connectivity index (χ4v) is 1.63. The minimum atomic E-state index is -0.227. The van der Waals surface area contributed by atoms with Gasteiger partial charge in [-0.2, -0.15) is 0 Å². The molecule has 1 unspecified atom stereocenters. The Morgan fingerprint density at radius 2 is 2.06 bits per heavy atom. The zero-order valence-electron chi connectivity index (χ0n) is 11.0. The van der Waals surface area contributed by atoms with Crippen LogP contribution >= 0.6 is 0 Å². The van der Waals surface area contributed by atoms with E-state index in [-0.39, 0.29) is 11.9 Å². The van der Waals surface area contributed by atoms with Crippen molar-refractivity contribution in [2.24, 2.45) is 5.92 Å². The number of esters is 1. The van der Waals surface area contributed by atoms with Crippen molar-refractivity contribution in [1.29, 1.82) is 0 Å². The van der Waals surface area contributed by atoms with Gasteiger partial charge in [0.05, 0.1) is 19.1 Å². The Morgan fingerprint density at radius 3 is 2.67 bits per heavy atom. The van der Waals surface area contributed by atoms with Crippen molar-refractivity contribution >= 4 is 12.0 Å². The second-order valence-corrected chi connectivity index (χ2v) is 3.95. The quantitative estimate of drug-likeness (QED) is 0.696. The van der Waals surface area contributed by atoms with Gasteiger partial charge in [-0.25, -0.2) is 0 Å². The van der Waals surface area contributed by atoms with Crippen LogP contribution in [-0.4, -0.2) is 26.3 Å². The van der Waals surface area contributed by atoms with Crippen LogP contribution in [-0.2, 0) is 14.3 Å². The third kappa shape index (κ3) is 5.15. The largest absolute Gasteiger partial charge is 0.466 e. The molecule has 0 aromatic heterocycles. The van der Waals surface area contributed by atoms with Crippen LogP contribution in [0.5, 0.6) is 0 Å². The average Bonchev–Trinajstić information content (AvgIpc) is 2.39. The van der Waals surface area contributed by atoms with Gasteiger partial charge in [-0.1, -0.05) is 42.5 Å². The lowest BCUT2D eigenvalue weighted by molar-refractivity contribution is -0.149. The SMILES string of the molecule is CCOC(=O)C(C/C=C/c1ccccc1)COC. The zero-order chi connectivity index (χ0) is 13.2. The highest BCUT2D eigenvalue weighted by molar-refractivity contribution is 5.73. The van der Waals surface area contributed by atoms with Gasteiger partial charge in [0.1, 0.15) is 0 Å². The van der Waals surface area contributed by atoms with Gasteiger partial charge < -0.3 is 9.47 Å². The molecule has 1 aromatic rings. The summed E-state index contributed by atoms with van der Waals surface area (Å²) in [6, 6.07) is 9.98. The molecule has 1 atom stereocenters. The van der Waals surface area contributed by atoms with Gasteiger partial charge in [-0.15, -0.1) is 0 Å². The van der Waals surface area contributed by atoms with Crippen LogP contribution in [0.15, 0.2) is 36.4 Å². The second-order valence-electron chi connectivity index (χ2n) is 3.95. The average molecular weight is 248 g/mol. The number of hydrogen-bond acceptors (Lipinski definition) is 3. The van der Waals surface area contributed by atoms with E-state index in [0.717, 1.165) is 5.56 Å². The molecule has 1 rings (SSSR count). The highest BCUT2D eigenvalue weighted by atomic mass is 16.5. The minimum absolute atomic E-state index is 0.197. The summed E-state index contributed by atoms with van der Waals surface area (Å²) in [5.41, 5.74) is 1.12. The molecule has 0 saturated heterocycles. The van der Waals surface area contributed by atoms with E-state index in [0.29, 0.717) is 19.6 Å². The molecule has 0 spiro atoms. The number of ether oxygens (including phenoxy) is 2. The predicted molar refractivity (Wildman–Crippen MR) is 72.1 cm³/mol. The minimum Gasteiger partial charge on any atom is -0.466 e. The number of carbonyl (C=O) groups is 1. The molecule has 1 aromatic carbocycles. The van der Waals surface area contributed by atoms with Crippen molar-refractivity contribution < 1.29 is 14.3 Å². The van der Waals surface area contributed by atoms with Crippen LogP contribution in [0.4, 0.5) is 0 Å². The van der Waals surface area contributed by atoms with E-state index in [1.54, 1.807) is 7.11 Å². The molecular weight excluding hydrogens is 228 g/mol. The topological polar surface area (TPSA) is 35.5 Å². The third-order valence-corrected chi connectivity index (χ3v) is 2.52. The highest BCUT2D eigenvalue weighted by Crippen LogP contribution is 2.10. The number of benzene rings is 1. The first-order valence-corrected chi connectivity index (χ1v) is 6.15. The lowest BCUT2D eigenvalue weighted by atomic mass is 10.1. The summed E-state index contributed by atoms with van der Waals surface area (Å²) in [5.74, 6) is -0.424. The van der Waals surface area contributed by atoms with Crippen molar-refractivity contribution in [3.05, 3.63) is 42.0 Å². The van der Waals surface area contributed by atoms with Crippen molar-refractivity contribution in [2.75, 3.05) is 20.3 Å². The van der Waals surface area contributed by atoms with Crippen molar-refractivity contribution in [3.8, 4) is 0 Å². The monoisotopic (exact) mass is 248 g/mol. The molecule has 18 heavy (non-hydrogen) atoms. The maximum absolute atomic E-state index is 11.6. The van der Waals surface area contributed by atoms with Crippen LogP contribution in [0.3, 0.4) is 0 Å². The molecule has 0 fully saturated rings. The summed E-state index contributed by atoms with van der Waals surface area (Å²) >= 11 is 0. The number of allylic oxidation sites excluding steroid dienone is 1. The Hall–Kier alpha value is -1.61. The third-order valence-electron chi connectivity index (χ3n) is 2.52. The summed E-state index contributed by atoms with van der Waals surface area (Å²) in [5, 5.41) is 0. The number of methoxy groups -OCH3 is 1. The van der Waals surface area contributed by atoms with Gasteiger partial charge in [0.2, 0.25) is 0 Å². The molecule has 98 valence electrons. The smallest absolute Gasteiger partial charge is 0.311 e. The molecule has 3 heteroatoms. The zero-order valence-corrected chi connectivity index (χ0v) is 11.0. The first-order chi connectivity index (χ1) is 8.77. The first-order valence-electron chi connectivity index (χ1n) is 6.15. The second kappa shape index (κ2) is 8.48. The fourth-order valence-electron chi connectivity index (χ4n) is 1.63. The lowest BCUT2D eigenvalue weighted by Crippen LogP contribution is -2.21. The first kappa shape index (κ1) is 14.5. The number of hydrogen-bond donors (Lipinski definition) is 0. The van der Waals surface area contributed by atoms with E-state index >= 15 is 0 Å². The van der Waals surface area contributed by atoms with Crippen molar-refractivity contribution in [1.82, 2.24) is 0 Å². The molecule has 0 saturated carbocycles. The molecule has 0 aliphatic carbocycles. The normalized spacial score (nSPS) is 12.6. The molecule has 0 aliphatic heterocycles. The number of carbonyl (C=O) groups excluding carboxylic acids is 1. The fraction of sp³-hybridized carbons (Fsp3) is 0.400. The summed E-state index contributed by atoms with van der Waals surface area (Å²) in [7, 11) is 1.59. The van der Waals surface area contributed by atoms with E-state index in [2.05, 4.69) is 0 Å². The van der Waals surface area contributed by atoms with E-state index in [1.807, 2.05) is 49.4 Å². The lowest BCUT2D eigenvalue weighted by Gasteiger charge is -2.12. The molecule has 3 nitrogen and oxygen atoms in total. The Balaban J connectivity index is 2.51. The molecule has 0 bridgehead atoms. The standard InChI is InChI=1S/C15H20O3/c1-3-18-15(16)14(12-17-2)11-7-10-13-8-5-4-6-9-13/h4-10,14H,3,11-12H2,1-2H3/b10-7+. The van der Waals surface area contributed by atoms with Gasteiger partial charge in [-0.05, 0) is 18.9 Å². The van der Waals surface area contributed by atoms with Gasteiger partial charge >= 0.3 is 5.97 Å². The van der Waals surface area contributed by atoms with Crippen LogP contribution in [0.1, 0.15) is 18.9 Å². The molecule has 0 heterocycles. The van der Waals surface area contributed by atoms with E-state index in [9.17, 15) is 4.79 Å². The summed E-state index contributed by atoms with van der Waals surface area (Å²) in [4.78, 5) is 11.6. The van der Waals surface area contributed by atoms with Gasteiger partial charge in [0.15, 0.2) is 0 Å². The maximum Gasteiger partial charge on any atom is 0.311 e.